The topological polar surface area (TPSA) is 139 Å². The van der Waals surface area contributed by atoms with E-state index in [-0.39, 0.29) is 23.4 Å². The maximum absolute atomic E-state index is 12.7. The number of nitriles is 1. The maximum atomic E-state index is 12.7. The molecule has 9 nitrogen and oxygen atoms in total. The van der Waals surface area contributed by atoms with Crippen LogP contribution in [0.25, 0.3) is 6.08 Å². The van der Waals surface area contributed by atoms with Gasteiger partial charge in [0.2, 0.25) is 0 Å². The molecule has 0 saturated heterocycles. The van der Waals surface area contributed by atoms with E-state index in [1.807, 2.05) is 30.3 Å². The number of amides is 1. The molecule has 1 amide bonds. The molecule has 0 aliphatic heterocycles. The van der Waals surface area contributed by atoms with Gasteiger partial charge in [0, 0.05) is 28.7 Å². The molecular weight excluding hydrogens is 526 g/mol. The lowest BCUT2D eigenvalue weighted by atomic mass is 10.1. The molecule has 0 fully saturated rings. The van der Waals surface area contributed by atoms with Crippen molar-refractivity contribution in [2.24, 2.45) is 0 Å². The highest BCUT2D eigenvalue weighted by molar-refractivity contribution is 9.10. The highest BCUT2D eigenvalue weighted by Gasteiger charge is 2.22. The molecule has 11 heteroatoms. The molecule has 3 aromatic carbocycles. The number of hydrogen-bond acceptors (Lipinski definition) is 7. The molecule has 172 valence electrons. The van der Waals surface area contributed by atoms with Crippen molar-refractivity contribution in [3.8, 4) is 11.8 Å². The Morgan fingerprint density at radius 1 is 1.12 bits per heavy atom. The molecule has 1 N–H and O–H groups in total. The van der Waals surface area contributed by atoms with E-state index >= 15 is 0 Å². The van der Waals surface area contributed by atoms with Crippen LogP contribution >= 0.6 is 15.9 Å². The van der Waals surface area contributed by atoms with E-state index in [1.165, 1.54) is 30.3 Å². The SMILES string of the molecule is N#C/C(=C\c1cc(Br)ccc1OS(=O)(=O)c1cccc([N+](=O)[O-])c1)C(=O)NCc1ccccc1. The molecule has 0 aromatic heterocycles. The molecule has 0 saturated carbocycles. The number of nitro groups is 1. The predicted octanol–water partition coefficient (Wildman–Crippen LogP) is 4.35. The van der Waals surface area contributed by atoms with Gasteiger partial charge in [0.25, 0.3) is 11.6 Å². The van der Waals surface area contributed by atoms with E-state index < -0.39 is 31.5 Å². The van der Waals surface area contributed by atoms with Gasteiger partial charge in [0.1, 0.15) is 22.3 Å². The molecule has 0 heterocycles. The average molecular weight is 542 g/mol. The maximum Gasteiger partial charge on any atom is 0.339 e. The first kappa shape index (κ1) is 24.6. The van der Waals surface area contributed by atoms with Crippen LogP contribution in [0.15, 0.2) is 87.7 Å². The monoisotopic (exact) mass is 541 g/mol. The summed E-state index contributed by atoms with van der Waals surface area (Å²) in [6.45, 7) is 0.196. The fraction of sp³-hybridized carbons (Fsp3) is 0.0435. The number of nitrogens with zero attached hydrogens (tertiary/aromatic N) is 2. The van der Waals surface area contributed by atoms with Crippen molar-refractivity contribution >= 4 is 43.7 Å². The van der Waals surface area contributed by atoms with E-state index in [1.54, 1.807) is 6.07 Å². The van der Waals surface area contributed by atoms with Gasteiger partial charge in [-0.1, -0.05) is 52.3 Å². The van der Waals surface area contributed by atoms with Crippen molar-refractivity contribution < 1.29 is 22.3 Å². The second-order valence-corrected chi connectivity index (χ2v) is 9.27. The Hall–Kier alpha value is -4.01. The molecule has 0 atom stereocenters. The summed E-state index contributed by atoms with van der Waals surface area (Å²) in [6.07, 6.45) is 1.20. The lowest BCUT2D eigenvalue weighted by molar-refractivity contribution is -0.385. The first-order valence-corrected chi connectivity index (χ1v) is 11.8. The summed E-state index contributed by atoms with van der Waals surface area (Å²) < 4.78 is 31.2. The number of non-ortho nitro benzene ring substituents is 1. The summed E-state index contributed by atoms with van der Waals surface area (Å²) in [5.41, 5.74) is 0.284. The van der Waals surface area contributed by atoms with Gasteiger partial charge in [-0.05, 0) is 35.9 Å². The molecule has 3 aromatic rings. The van der Waals surface area contributed by atoms with E-state index in [4.69, 9.17) is 4.18 Å². The van der Waals surface area contributed by atoms with Crippen LogP contribution in [-0.4, -0.2) is 19.2 Å². The van der Waals surface area contributed by atoms with E-state index in [0.29, 0.717) is 4.47 Å². The molecule has 0 aliphatic rings. The lowest BCUT2D eigenvalue weighted by Crippen LogP contribution is -2.23. The normalized spacial score (nSPS) is 11.4. The first-order valence-electron chi connectivity index (χ1n) is 9.62. The Labute approximate surface area is 203 Å². The fourth-order valence-electron chi connectivity index (χ4n) is 2.80. The summed E-state index contributed by atoms with van der Waals surface area (Å²) in [4.78, 5) is 22.4. The molecule has 3 rings (SSSR count). The summed E-state index contributed by atoms with van der Waals surface area (Å²) in [5.74, 6) is -0.822. The van der Waals surface area contributed by atoms with E-state index in [0.717, 1.165) is 23.8 Å². The minimum atomic E-state index is -4.45. The van der Waals surface area contributed by atoms with Crippen molar-refractivity contribution in [2.75, 3.05) is 0 Å². The van der Waals surface area contributed by atoms with E-state index in [9.17, 15) is 28.6 Å². The Kier molecular flexibility index (Phi) is 7.78. The van der Waals surface area contributed by atoms with Crippen LogP contribution in [-0.2, 0) is 21.5 Å². The quantitative estimate of drug-likeness (QED) is 0.147. The number of nitro benzene ring substituents is 1. The molecule has 0 aliphatic carbocycles. The molecule has 0 bridgehead atoms. The van der Waals surface area contributed by atoms with Gasteiger partial charge in [-0.15, -0.1) is 0 Å². The largest absolute Gasteiger partial charge is 0.378 e. The van der Waals surface area contributed by atoms with Crippen LogP contribution in [0.5, 0.6) is 5.75 Å². The molecule has 0 radical (unpaired) electrons. The number of nitrogens with one attached hydrogen (secondary N) is 1. The van der Waals surface area contributed by atoms with Crippen LogP contribution in [0.3, 0.4) is 0 Å². The van der Waals surface area contributed by atoms with Gasteiger partial charge in [-0.2, -0.15) is 13.7 Å². The van der Waals surface area contributed by atoms with Gasteiger partial charge in [-0.25, -0.2) is 0 Å². The molecule has 0 spiro atoms. The summed E-state index contributed by atoms with van der Waals surface area (Å²) in [5, 5.41) is 23.1. The fourth-order valence-corrected chi connectivity index (χ4v) is 4.18. The number of carbonyl (C=O) groups excluding carboxylic acids is 1. The molecular formula is C23H16BrN3O6S. The third kappa shape index (κ3) is 6.28. The lowest BCUT2D eigenvalue weighted by Gasteiger charge is -2.11. The predicted molar refractivity (Wildman–Crippen MR) is 127 cm³/mol. The summed E-state index contributed by atoms with van der Waals surface area (Å²) >= 11 is 3.26. The first-order chi connectivity index (χ1) is 16.2. The van der Waals surface area contributed by atoms with Gasteiger partial charge in [0.15, 0.2) is 0 Å². The summed E-state index contributed by atoms with van der Waals surface area (Å²) in [6, 6.07) is 19.6. The van der Waals surface area contributed by atoms with Gasteiger partial charge in [0.05, 0.1) is 4.92 Å². The zero-order chi connectivity index (χ0) is 24.7. The highest BCUT2D eigenvalue weighted by Crippen LogP contribution is 2.29. The zero-order valence-corrected chi connectivity index (χ0v) is 19.7. The number of halogens is 1. The second-order valence-electron chi connectivity index (χ2n) is 6.81. The third-order valence-corrected chi connectivity index (χ3v) is 6.17. The van der Waals surface area contributed by atoms with Crippen molar-refractivity contribution in [1.29, 1.82) is 5.26 Å². The minimum absolute atomic E-state index is 0.134. The number of rotatable bonds is 8. The highest BCUT2D eigenvalue weighted by atomic mass is 79.9. The second kappa shape index (κ2) is 10.7. The molecule has 0 unspecified atom stereocenters. The summed E-state index contributed by atoms with van der Waals surface area (Å²) in [7, 11) is -4.45. The van der Waals surface area contributed by atoms with Crippen molar-refractivity contribution in [1.82, 2.24) is 5.32 Å². The zero-order valence-electron chi connectivity index (χ0n) is 17.3. The van der Waals surface area contributed by atoms with Crippen molar-refractivity contribution in [2.45, 2.75) is 11.4 Å². The third-order valence-electron chi connectivity index (χ3n) is 4.45. The van der Waals surface area contributed by atoms with Crippen LogP contribution in [0, 0.1) is 21.4 Å². The van der Waals surface area contributed by atoms with Crippen LogP contribution in [0.4, 0.5) is 5.69 Å². The average Bonchev–Trinajstić information content (AvgIpc) is 2.83. The van der Waals surface area contributed by atoms with Crippen LogP contribution in [0.2, 0.25) is 0 Å². The van der Waals surface area contributed by atoms with Crippen LogP contribution in [0.1, 0.15) is 11.1 Å². The Balaban J connectivity index is 1.89. The van der Waals surface area contributed by atoms with Crippen LogP contribution < -0.4 is 9.50 Å². The van der Waals surface area contributed by atoms with Crippen molar-refractivity contribution in [3.05, 3.63) is 104 Å². The van der Waals surface area contributed by atoms with Crippen molar-refractivity contribution in [3.63, 3.8) is 0 Å². The Morgan fingerprint density at radius 3 is 2.53 bits per heavy atom. The van der Waals surface area contributed by atoms with Gasteiger partial charge >= 0.3 is 10.1 Å². The van der Waals surface area contributed by atoms with Gasteiger partial charge < -0.3 is 9.50 Å². The number of benzene rings is 3. The minimum Gasteiger partial charge on any atom is -0.378 e. The smallest absolute Gasteiger partial charge is 0.339 e. The molecule has 34 heavy (non-hydrogen) atoms. The van der Waals surface area contributed by atoms with Gasteiger partial charge in [-0.3, -0.25) is 14.9 Å². The number of hydrogen-bond donors (Lipinski definition) is 1. The number of carbonyl (C=O) groups is 1. The van der Waals surface area contributed by atoms with E-state index in [2.05, 4.69) is 21.2 Å². The Morgan fingerprint density at radius 2 is 1.85 bits per heavy atom. The Bertz CT molecular complexity index is 1420. The standard InChI is InChI=1S/C23H16BrN3O6S/c24-19-9-10-22(33-34(31,32)21-8-4-7-20(13-21)27(29)30)17(12-19)11-18(14-25)23(28)26-15-16-5-2-1-3-6-16/h1-13H,15H2,(H,26,28)/b18-11+.